The van der Waals surface area contributed by atoms with E-state index < -0.39 is 12.1 Å². The Bertz CT molecular complexity index is 372. The molecule has 1 rings (SSSR count). The van der Waals surface area contributed by atoms with Gasteiger partial charge >= 0.3 is 0 Å². The molecule has 1 aromatic carbocycles. The quantitative estimate of drug-likeness (QED) is 0.766. The molecule has 0 heterocycles. The number of nitriles is 1. The zero-order valence-corrected chi connectivity index (χ0v) is 8.82. The first-order valence-corrected chi connectivity index (χ1v) is 5.06. The third-order valence-corrected chi connectivity index (χ3v) is 2.16. The Labute approximate surface area is 93.9 Å². The van der Waals surface area contributed by atoms with Crippen molar-refractivity contribution >= 4 is 5.91 Å². The minimum atomic E-state index is -1.55. The van der Waals surface area contributed by atoms with Crippen LogP contribution in [-0.2, 0) is 11.2 Å². The van der Waals surface area contributed by atoms with Crippen molar-refractivity contribution in [2.24, 2.45) is 0 Å². The summed E-state index contributed by atoms with van der Waals surface area (Å²) >= 11 is 0. The highest BCUT2D eigenvalue weighted by molar-refractivity contribution is 5.80. The molecular weight excluding hydrogens is 207 g/mol. The van der Waals surface area contributed by atoms with Gasteiger partial charge in [-0.25, -0.2) is 4.39 Å². The lowest BCUT2D eigenvalue weighted by Crippen LogP contribution is -2.32. The maximum Gasteiger partial charge on any atom is 0.255 e. The van der Waals surface area contributed by atoms with Gasteiger partial charge in [0, 0.05) is 0 Å². The van der Waals surface area contributed by atoms with Crippen LogP contribution in [0.3, 0.4) is 0 Å². The Morgan fingerprint density at radius 1 is 1.44 bits per heavy atom. The topological polar surface area (TPSA) is 52.9 Å². The van der Waals surface area contributed by atoms with E-state index in [1.54, 1.807) is 6.07 Å². The molecule has 0 unspecified atom stereocenters. The first kappa shape index (κ1) is 12.2. The Hall–Kier alpha value is -1.89. The highest BCUT2D eigenvalue weighted by Gasteiger charge is 2.15. The monoisotopic (exact) mass is 220 g/mol. The van der Waals surface area contributed by atoms with Crippen molar-refractivity contribution in [3.8, 4) is 6.07 Å². The predicted molar refractivity (Wildman–Crippen MR) is 58.3 cm³/mol. The van der Waals surface area contributed by atoms with E-state index in [2.05, 4.69) is 5.32 Å². The van der Waals surface area contributed by atoms with E-state index in [-0.39, 0.29) is 13.0 Å². The van der Waals surface area contributed by atoms with Gasteiger partial charge < -0.3 is 5.32 Å². The third kappa shape index (κ3) is 4.09. The number of alkyl halides is 1. The molecule has 0 aliphatic carbocycles. The summed E-state index contributed by atoms with van der Waals surface area (Å²) in [5.41, 5.74) is 0.998. The fourth-order valence-electron chi connectivity index (χ4n) is 1.31. The van der Waals surface area contributed by atoms with E-state index >= 15 is 0 Å². The number of hydrogen-bond acceptors (Lipinski definition) is 2. The van der Waals surface area contributed by atoms with Crippen LogP contribution < -0.4 is 5.32 Å². The number of carbonyl (C=O) groups is 1. The predicted octanol–water partition coefficient (Wildman–Crippen LogP) is 1.60. The lowest BCUT2D eigenvalue weighted by molar-refractivity contribution is -0.125. The number of amides is 1. The van der Waals surface area contributed by atoms with Gasteiger partial charge in [0.2, 0.25) is 0 Å². The smallest absolute Gasteiger partial charge is 0.255 e. The van der Waals surface area contributed by atoms with Crippen molar-refractivity contribution < 1.29 is 9.18 Å². The van der Waals surface area contributed by atoms with E-state index in [0.29, 0.717) is 6.42 Å². The highest BCUT2D eigenvalue weighted by Crippen LogP contribution is 2.07. The van der Waals surface area contributed by atoms with Crippen LogP contribution in [0.15, 0.2) is 30.3 Å². The fourth-order valence-corrected chi connectivity index (χ4v) is 1.31. The number of rotatable bonds is 5. The molecule has 1 aromatic rings. The number of hydrogen-bond donors (Lipinski definition) is 1. The summed E-state index contributed by atoms with van der Waals surface area (Å²) in [6.45, 7) is -0.148. The second-order valence-electron chi connectivity index (χ2n) is 3.37. The van der Waals surface area contributed by atoms with Crippen LogP contribution in [-0.4, -0.2) is 18.6 Å². The molecule has 0 bridgehead atoms. The van der Waals surface area contributed by atoms with Gasteiger partial charge in [-0.15, -0.1) is 0 Å². The van der Waals surface area contributed by atoms with Crippen LogP contribution in [0.25, 0.3) is 0 Å². The minimum absolute atomic E-state index is 0.140. The number of nitrogens with zero attached hydrogens (tertiary/aromatic N) is 1. The van der Waals surface area contributed by atoms with Crippen molar-refractivity contribution in [1.82, 2.24) is 5.32 Å². The third-order valence-electron chi connectivity index (χ3n) is 2.16. The van der Waals surface area contributed by atoms with E-state index in [4.69, 9.17) is 5.26 Å². The molecule has 84 valence electrons. The molecule has 0 aromatic heterocycles. The number of benzene rings is 1. The molecule has 1 amide bonds. The number of carbonyl (C=O) groups excluding carboxylic acids is 1. The first-order chi connectivity index (χ1) is 7.74. The zero-order chi connectivity index (χ0) is 11.8. The van der Waals surface area contributed by atoms with Crippen LogP contribution in [0.5, 0.6) is 0 Å². The molecule has 1 atom stereocenters. The van der Waals surface area contributed by atoms with Gasteiger partial charge in [-0.1, -0.05) is 30.3 Å². The SMILES string of the molecule is N#CCNC(=O)[C@@H](F)CCc1ccccc1. The van der Waals surface area contributed by atoms with Crippen LogP contribution in [0.2, 0.25) is 0 Å². The van der Waals surface area contributed by atoms with Gasteiger partial charge in [0.25, 0.3) is 5.91 Å². The lowest BCUT2D eigenvalue weighted by atomic mass is 10.1. The fraction of sp³-hybridized carbons (Fsp3) is 0.333. The zero-order valence-electron chi connectivity index (χ0n) is 8.82. The largest absolute Gasteiger partial charge is 0.340 e. The first-order valence-electron chi connectivity index (χ1n) is 5.06. The molecule has 4 heteroatoms. The average Bonchev–Trinajstić information content (AvgIpc) is 2.34. The second-order valence-corrected chi connectivity index (χ2v) is 3.37. The molecule has 0 saturated heterocycles. The van der Waals surface area contributed by atoms with Gasteiger partial charge in [-0.2, -0.15) is 5.26 Å². The van der Waals surface area contributed by atoms with Crippen molar-refractivity contribution in [3.63, 3.8) is 0 Å². The maximum absolute atomic E-state index is 13.3. The standard InChI is InChI=1S/C12H13FN2O/c13-11(12(16)15-9-8-14)7-6-10-4-2-1-3-5-10/h1-5,11H,6-7,9H2,(H,15,16)/t11-/m0/s1. The molecule has 1 N–H and O–H groups in total. The lowest BCUT2D eigenvalue weighted by Gasteiger charge is -2.07. The molecule has 0 spiro atoms. The highest BCUT2D eigenvalue weighted by atomic mass is 19.1. The van der Waals surface area contributed by atoms with Gasteiger partial charge in [-0.05, 0) is 18.4 Å². The second kappa shape index (κ2) is 6.57. The number of aryl methyl sites for hydroxylation is 1. The van der Waals surface area contributed by atoms with Gasteiger partial charge in [0.1, 0.15) is 6.54 Å². The Balaban J connectivity index is 2.33. The number of nitrogens with one attached hydrogen (secondary N) is 1. The van der Waals surface area contributed by atoms with Crippen molar-refractivity contribution in [1.29, 1.82) is 5.26 Å². The van der Waals surface area contributed by atoms with Crippen molar-refractivity contribution in [2.75, 3.05) is 6.54 Å². The molecule has 0 radical (unpaired) electrons. The summed E-state index contributed by atoms with van der Waals surface area (Å²) in [5.74, 6) is -0.711. The van der Waals surface area contributed by atoms with E-state index in [0.717, 1.165) is 5.56 Å². The van der Waals surface area contributed by atoms with Crippen LogP contribution in [0.4, 0.5) is 4.39 Å². The molecule has 16 heavy (non-hydrogen) atoms. The van der Waals surface area contributed by atoms with Crippen molar-refractivity contribution in [3.05, 3.63) is 35.9 Å². The molecule has 3 nitrogen and oxygen atoms in total. The Morgan fingerprint density at radius 2 is 2.12 bits per heavy atom. The van der Waals surface area contributed by atoms with Crippen LogP contribution >= 0.6 is 0 Å². The Kier molecular flexibility index (Phi) is 5.00. The summed E-state index contributed by atoms with van der Waals surface area (Å²) in [5, 5.41) is 10.4. The molecule has 0 saturated carbocycles. The molecule has 0 fully saturated rings. The normalized spacial score (nSPS) is 11.5. The van der Waals surface area contributed by atoms with Crippen LogP contribution in [0.1, 0.15) is 12.0 Å². The van der Waals surface area contributed by atoms with Crippen LogP contribution in [0, 0.1) is 11.3 Å². The molecule has 0 aliphatic heterocycles. The Morgan fingerprint density at radius 3 is 2.75 bits per heavy atom. The van der Waals surface area contributed by atoms with E-state index in [1.165, 1.54) is 0 Å². The maximum atomic E-state index is 13.3. The van der Waals surface area contributed by atoms with Gasteiger partial charge in [-0.3, -0.25) is 4.79 Å². The van der Waals surface area contributed by atoms with E-state index in [9.17, 15) is 9.18 Å². The summed E-state index contributed by atoms with van der Waals surface area (Å²) in [6.07, 6.45) is -0.892. The average molecular weight is 220 g/mol. The molecular formula is C12H13FN2O. The van der Waals surface area contributed by atoms with Gasteiger partial charge in [0.15, 0.2) is 6.17 Å². The summed E-state index contributed by atoms with van der Waals surface area (Å²) in [6, 6.07) is 11.1. The van der Waals surface area contributed by atoms with E-state index in [1.807, 2.05) is 30.3 Å². The summed E-state index contributed by atoms with van der Waals surface area (Å²) in [4.78, 5) is 11.1. The summed E-state index contributed by atoms with van der Waals surface area (Å²) < 4.78 is 13.3. The van der Waals surface area contributed by atoms with Crippen molar-refractivity contribution in [2.45, 2.75) is 19.0 Å². The van der Waals surface area contributed by atoms with Gasteiger partial charge in [0.05, 0.1) is 6.07 Å². The minimum Gasteiger partial charge on any atom is -0.340 e. The number of halogens is 1. The summed E-state index contributed by atoms with van der Waals surface area (Å²) in [7, 11) is 0. The molecule has 0 aliphatic rings.